The first-order valence-electron chi connectivity index (χ1n) is 7.13. The van der Waals surface area contributed by atoms with E-state index in [2.05, 4.69) is 10.5 Å². The van der Waals surface area contributed by atoms with E-state index in [1.165, 1.54) is 6.21 Å². The topological polar surface area (TPSA) is 85.9 Å². The molecular formula is C17H19N3O3. The Hall–Kier alpha value is -3.02. The van der Waals surface area contributed by atoms with E-state index in [0.717, 1.165) is 5.56 Å². The van der Waals surface area contributed by atoms with Gasteiger partial charge in [0.2, 0.25) is 0 Å². The standard InChI is InChI=1S/C17H19N3O3/c1-3-23-15-9-4-12(10-16(15)22-2)11-19-20-17(21)13-5-7-14(18)8-6-13/h4-11H,3,18H2,1-2H3,(H,20,21)/b19-11-. The summed E-state index contributed by atoms with van der Waals surface area (Å²) in [5, 5.41) is 3.94. The zero-order valence-corrected chi connectivity index (χ0v) is 13.1. The summed E-state index contributed by atoms with van der Waals surface area (Å²) in [4.78, 5) is 11.9. The van der Waals surface area contributed by atoms with Crippen molar-refractivity contribution in [1.82, 2.24) is 5.43 Å². The van der Waals surface area contributed by atoms with E-state index in [-0.39, 0.29) is 5.91 Å². The van der Waals surface area contributed by atoms with Gasteiger partial charge in [0.15, 0.2) is 11.5 Å². The van der Waals surface area contributed by atoms with Gasteiger partial charge in [-0.2, -0.15) is 5.10 Å². The third-order valence-corrected chi connectivity index (χ3v) is 3.04. The van der Waals surface area contributed by atoms with Crippen molar-refractivity contribution in [2.24, 2.45) is 5.10 Å². The van der Waals surface area contributed by atoms with Crippen LogP contribution in [0.2, 0.25) is 0 Å². The molecule has 0 spiro atoms. The van der Waals surface area contributed by atoms with Gasteiger partial charge in [-0.1, -0.05) is 0 Å². The fourth-order valence-corrected chi connectivity index (χ4v) is 1.90. The smallest absolute Gasteiger partial charge is 0.271 e. The van der Waals surface area contributed by atoms with Crippen LogP contribution in [-0.2, 0) is 0 Å². The molecule has 0 saturated heterocycles. The van der Waals surface area contributed by atoms with Crippen LogP contribution in [0.4, 0.5) is 5.69 Å². The highest BCUT2D eigenvalue weighted by Gasteiger charge is 2.05. The van der Waals surface area contributed by atoms with E-state index in [9.17, 15) is 4.79 Å². The maximum atomic E-state index is 11.9. The maximum absolute atomic E-state index is 11.9. The average molecular weight is 313 g/mol. The molecule has 2 aromatic carbocycles. The Morgan fingerprint density at radius 1 is 1.22 bits per heavy atom. The molecule has 1 amide bonds. The first-order chi connectivity index (χ1) is 11.1. The van der Waals surface area contributed by atoms with E-state index >= 15 is 0 Å². The highest BCUT2D eigenvalue weighted by Crippen LogP contribution is 2.27. The Bertz CT molecular complexity index is 697. The summed E-state index contributed by atoms with van der Waals surface area (Å²) < 4.78 is 10.7. The lowest BCUT2D eigenvalue weighted by atomic mass is 10.2. The largest absolute Gasteiger partial charge is 0.493 e. The first kappa shape index (κ1) is 16.4. The molecule has 0 aromatic heterocycles. The number of hydrazone groups is 1. The molecule has 0 radical (unpaired) electrons. The molecule has 0 unspecified atom stereocenters. The molecule has 0 aliphatic heterocycles. The van der Waals surface area contributed by atoms with Crippen molar-refractivity contribution >= 4 is 17.8 Å². The predicted octanol–water partition coefficient (Wildman–Crippen LogP) is 2.44. The minimum absolute atomic E-state index is 0.306. The number of carbonyl (C=O) groups excluding carboxylic acids is 1. The van der Waals surface area contributed by atoms with Gasteiger partial charge in [-0.3, -0.25) is 4.79 Å². The third-order valence-electron chi connectivity index (χ3n) is 3.04. The molecular weight excluding hydrogens is 294 g/mol. The van der Waals surface area contributed by atoms with Crippen LogP contribution in [0.3, 0.4) is 0 Å². The van der Waals surface area contributed by atoms with Crippen LogP contribution in [0.1, 0.15) is 22.8 Å². The molecule has 0 heterocycles. The zero-order chi connectivity index (χ0) is 16.7. The fraction of sp³-hybridized carbons (Fsp3) is 0.176. The molecule has 6 nitrogen and oxygen atoms in total. The number of benzene rings is 2. The van der Waals surface area contributed by atoms with E-state index in [1.807, 2.05) is 13.0 Å². The molecule has 0 saturated carbocycles. The van der Waals surface area contributed by atoms with Gasteiger partial charge in [-0.15, -0.1) is 0 Å². The van der Waals surface area contributed by atoms with Crippen LogP contribution in [0, 0.1) is 0 Å². The number of hydrogen-bond donors (Lipinski definition) is 2. The Kier molecular flexibility index (Phi) is 5.57. The molecule has 3 N–H and O–H groups in total. The third kappa shape index (κ3) is 4.47. The molecule has 120 valence electrons. The van der Waals surface area contributed by atoms with Crippen LogP contribution >= 0.6 is 0 Å². The molecule has 0 aliphatic carbocycles. The van der Waals surface area contributed by atoms with Gasteiger partial charge in [-0.05, 0) is 55.0 Å². The number of nitrogen functional groups attached to an aromatic ring is 1. The van der Waals surface area contributed by atoms with Gasteiger partial charge in [-0.25, -0.2) is 5.43 Å². The van der Waals surface area contributed by atoms with Crippen molar-refractivity contribution in [3.8, 4) is 11.5 Å². The molecule has 2 rings (SSSR count). The first-order valence-corrected chi connectivity index (χ1v) is 7.13. The summed E-state index contributed by atoms with van der Waals surface area (Å²) in [5.74, 6) is 0.970. The number of hydrogen-bond acceptors (Lipinski definition) is 5. The van der Waals surface area contributed by atoms with Gasteiger partial charge in [0.1, 0.15) is 0 Å². The van der Waals surface area contributed by atoms with E-state index in [0.29, 0.717) is 29.4 Å². The van der Waals surface area contributed by atoms with Crippen LogP contribution in [0.25, 0.3) is 0 Å². The minimum Gasteiger partial charge on any atom is -0.493 e. The minimum atomic E-state index is -0.306. The number of ether oxygens (including phenoxy) is 2. The number of methoxy groups -OCH3 is 1. The Balaban J connectivity index is 2.02. The van der Waals surface area contributed by atoms with Crippen molar-refractivity contribution in [3.05, 3.63) is 53.6 Å². The molecule has 0 atom stereocenters. The number of carbonyl (C=O) groups is 1. The number of rotatable bonds is 6. The molecule has 2 aromatic rings. The predicted molar refractivity (Wildman–Crippen MR) is 90.1 cm³/mol. The van der Waals surface area contributed by atoms with Gasteiger partial charge < -0.3 is 15.2 Å². The van der Waals surface area contributed by atoms with Gasteiger partial charge in [0, 0.05) is 11.3 Å². The summed E-state index contributed by atoms with van der Waals surface area (Å²) in [6.07, 6.45) is 1.54. The van der Waals surface area contributed by atoms with Crippen LogP contribution < -0.4 is 20.6 Å². The zero-order valence-electron chi connectivity index (χ0n) is 13.1. The van der Waals surface area contributed by atoms with Crippen molar-refractivity contribution in [1.29, 1.82) is 0 Å². The van der Waals surface area contributed by atoms with Gasteiger partial charge in [0.25, 0.3) is 5.91 Å². The highest BCUT2D eigenvalue weighted by molar-refractivity contribution is 5.95. The lowest BCUT2D eigenvalue weighted by Gasteiger charge is -2.09. The van der Waals surface area contributed by atoms with Crippen molar-refractivity contribution in [2.75, 3.05) is 19.5 Å². The van der Waals surface area contributed by atoms with E-state index in [1.54, 1.807) is 43.5 Å². The van der Waals surface area contributed by atoms with Crippen LogP contribution in [-0.4, -0.2) is 25.8 Å². The average Bonchev–Trinajstić information content (AvgIpc) is 2.56. The maximum Gasteiger partial charge on any atom is 0.271 e. The second-order valence-corrected chi connectivity index (χ2v) is 4.66. The van der Waals surface area contributed by atoms with Crippen molar-refractivity contribution in [3.63, 3.8) is 0 Å². The summed E-state index contributed by atoms with van der Waals surface area (Å²) in [6, 6.07) is 12.0. The Morgan fingerprint density at radius 2 is 1.96 bits per heavy atom. The fourth-order valence-electron chi connectivity index (χ4n) is 1.90. The Labute approximate surface area is 134 Å². The quantitative estimate of drug-likeness (QED) is 0.487. The number of anilines is 1. The number of nitrogens with two attached hydrogens (primary N) is 1. The molecule has 0 bridgehead atoms. The molecule has 6 heteroatoms. The second kappa shape index (κ2) is 7.84. The number of amides is 1. The lowest BCUT2D eigenvalue weighted by molar-refractivity contribution is 0.0955. The van der Waals surface area contributed by atoms with Crippen LogP contribution in [0.5, 0.6) is 11.5 Å². The Morgan fingerprint density at radius 3 is 2.61 bits per heavy atom. The normalized spacial score (nSPS) is 10.5. The SMILES string of the molecule is CCOc1ccc(/C=N\NC(=O)c2ccc(N)cc2)cc1OC. The van der Waals surface area contributed by atoms with Crippen molar-refractivity contribution in [2.45, 2.75) is 6.92 Å². The number of nitrogens with one attached hydrogen (secondary N) is 1. The molecule has 23 heavy (non-hydrogen) atoms. The second-order valence-electron chi connectivity index (χ2n) is 4.66. The number of nitrogens with zero attached hydrogens (tertiary/aromatic N) is 1. The van der Waals surface area contributed by atoms with Crippen molar-refractivity contribution < 1.29 is 14.3 Å². The van der Waals surface area contributed by atoms with Gasteiger partial charge in [0.05, 0.1) is 19.9 Å². The highest BCUT2D eigenvalue weighted by atomic mass is 16.5. The summed E-state index contributed by atoms with van der Waals surface area (Å²) in [5.41, 5.74) is 9.91. The van der Waals surface area contributed by atoms with Gasteiger partial charge >= 0.3 is 0 Å². The lowest BCUT2D eigenvalue weighted by Crippen LogP contribution is -2.17. The summed E-state index contributed by atoms with van der Waals surface area (Å²) in [7, 11) is 1.57. The monoisotopic (exact) mass is 313 g/mol. The summed E-state index contributed by atoms with van der Waals surface area (Å²) in [6.45, 7) is 2.46. The summed E-state index contributed by atoms with van der Waals surface area (Å²) >= 11 is 0. The van der Waals surface area contributed by atoms with E-state index < -0.39 is 0 Å². The molecule has 0 fully saturated rings. The van der Waals surface area contributed by atoms with Crippen LogP contribution in [0.15, 0.2) is 47.6 Å². The van der Waals surface area contributed by atoms with E-state index in [4.69, 9.17) is 15.2 Å². The molecule has 0 aliphatic rings.